The molecule has 1 fully saturated rings. The van der Waals surface area contributed by atoms with Gasteiger partial charge >= 0.3 is 0 Å². The first kappa shape index (κ1) is 16.8. The predicted molar refractivity (Wildman–Crippen MR) is 95.0 cm³/mol. The summed E-state index contributed by atoms with van der Waals surface area (Å²) in [6.45, 7) is 2.80. The van der Waals surface area contributed by atoms with Gasteiger partial charge in [-0.1, -0.05) is 0 Å². The Morgan fingerprint density at radius 1 is 1.16 bits per heavy atom. The molecule has 1 saturated heterocycles. The van der Waals surface area contributed by atoms with Crippen LogP contribution in [0, 0.1) is 0 Å². The fourth-order valence-corrected chi connectivity index (χ4v) is 2.69. The number of ether oxygens (including phenoxy) is 1. The third kappa shape index (κ3) is 4.06. The summed E-state index contributed by atoms with van der Waals surface area (Å²) in [5, 5.41) is 2.85. The molecule has 1 aromatic heterocycles. The highest BCUT2D eigenvalue weighted by atomic mass is 16.5. The lowest BCUT2D eigenvalue weighted by molar-refractivity contribution is -0.118. The maximum Gasteiger partial charge on any atom is 0.257 e. The van der Waals surface area contributed by atoms with Crippen LogP contribution < -0.4 is 15.0 Å². The fourth-order valence-electron chi connectivity index (χ4n) is 2.69. The average Bonchev–Trinajstić information content (AvgIpc) is 2.68. The van der Waals surface area contributed by atoms with E-state index in [0.717, 1.165) is 30.9 Å². The van der Waals surface area contributed by atoms with Crippen molar-refractivity contribution in [3.05, 3.63) is 48.3 Å². The van der Waals surface area contributed by atoms with Crippen LogP contribution in [0.5, 0.6) is 5.75 Å². The molecule has 130 valence electrons. The monoisotopic (exact) mass is 340 g/mol. The number of methoxy groups -OCH3 is 1. The molecule has 2 heterocycles. The summed E-state index contributed by atoms with van der Waals surface area (Å²) >= 11 is 0. The number of carbonyl (C=O) groups is 2. The van der Waals surface area contributed by atoms with E-state index in [-0.39, 0.29) is 5.91 Å². The number of nitrogens with one attached hydrogen (secondary N) is 1. The van der Waals surface area contributed by atoms with Crippen LogP contribution in [0.25, 0.3) is 0 Å². The van der Waals surface area contributed by atoms with Crippen molar-refractivity contribution in [3.63, 3.8) is 0 Å². The molecule has 25 heavy (non-hydrogen) atoms. The number of carbonyl (C=O) groups excluding carboxylic acids is 2. The Balaban J connectivity index is 1.67. The third-order valence-electron chi connectivity index (χ3n) is 4.16. The minimum Gasteiger partial charge on any atom is -0.497 e. The molecule has 3 rings (SSSR count). The molecule has 1 aliphatic heterocycles. The van der Waals surface area contributed by atoms with Gasteiger partial charge in [0.2, 0.25) is 6.41 Å². The number of hydrogen-bond acceptors (Lipinski definition) is 5. The molecule has 0 saturated carbocycles. The largest absolute Gasteiger partial charge is 0.497 e. The van der Waals surface area contributed by atoms with Gasteiger partial charge in [0.25, 0.3) is 5.91 Å². The molecule has 0 bridgehead atoms. The van der Waals surface area contributed by atoms with Gasteiger partial charge in [-0.25, -0.2) is 0 Å². The van der Waals surface area contributed by atoms with Crippen molar-refractivity contribution in [2.75, 3.05) is 43.5 Å². The molecule has 0 unspecified atom stereocenters. The van der Waals surface area contributed by atoms with E-state index in [9.17, 15) is 9.59 Å². The molecule has 2 amide bonds. The van der Waals surface area contributed by atoms with Crippen LogP contribution >= 0.6 is 0 Å². The Morgan fingerprint density at radius 3 is 2.52 bits per heavy atom. The summed E-state index contributed by atoms with van der Waals surface area (Å²) in [6, 6.07) is 8.97. The normalized spacial score (nSPS) is 14.1. The lowest BCUT2D eigenvalue weighted by Crippen LogP contribution is -2.45. The second-order valence-electron chi connectivity index (χ2n) is 5.74. The van der Waals surface area contributed by atoms with E-state index >= 15 is 0 Å². The lowest BCUT2D eigenvalue weighted by Gasteiger charge is -2.34. The molecule has 7 heteroatoms. The first-order chi connectivity index (χ1) is 12.2. The van der Waals surface area contributed by atoms with Gasteiger partial charge in [0.05, 0.1) is 24.6 Å². The van der Waals surface area contributed by atoms with Crippen molar-refractivity contribution >= 4 is 23.7 Å². The highest BCUT2D eigenvalue weighted by molar-refractivity contribution is 6.04. The van der Waals surface area contributed by atoms with E-state index in [0.29, 0.717) is 24.3 Å². The summed E-state index contributed by atoms with van der Waals surface area (Å²) in [4.78, 5) is 31.3. The Hall–Kier alpha value is -3.09. The molecular weight excluding hydrogens is 320 g/mol. The van der Waals surface area contributed by atoms with E-state index in [2.05, 4.69) is 15.2 Å². The molecule has 0 atom stereocenters. The number of benzene rings is 1. The number of nitrogens with zero attached hydrogens (tertiary/aromatic N) is 3. The Labute approximate surface area is 146 Å². The summed E-state index contributed by atoms with van der Waals surface area (Å²) in [5.74, 6) is 0.516. The van der Waals surface area contributed by atoms with Crippen molar-refractivity contribution in [2.24, 2.45) is 0 Å². The number of amides is 2. The maximum atomic E-state index is 12.4. The molecule has 1 aromatic carbocycles. The zero-order valence-corrected chi connectivity index (χ0v) is 14.0. The fraction of sp³-hybridized carbons (Fsp3) is 0.278. The first-order valence-corrected chi connectivity index (χ1v) is 8.04. The van der Waals surface area contributed by atoms with Crippen LogP contribution in [0.4, 0.5) is 11.4 Å². The summed E-state index contributed by atoms with van der Waals surface area (Å²) in [6.07, 6.45) is 4.15. The van der Waals surface area contributed by atoms with Gasteiger partial charge in [-0.15, -0.1) is 0 Å². The van der Waals surface area contributed by atoms with Crippen LogP contribution in [0.1, 0.15) is 10.4 Å². The smallest absolute Gasteiger partial charge is 0.257 e. The van der Waals surface area contributed by atoms with Gasteiger partial charge in [0, 0.05) is 38.1 Å². The van der Waals surface area contributed by atoms with Crippen molar-refractivity contribution in [1.82, 2.24) is 9.88 Å². The molecule has 0 spiro atoms. The van der Waals surface area contributed by atoms with Gasteiger partial charge in [-0.05, 0) is 30.3 Å². The molecule has 0 radical (unpaired) electrons. The first-order valence-electron chi connectivity index (χ1n) is 8.04. The van der Waals surface area contributed by atoms with Crippen LogP contribution in [0.15, 0.2) is 42.7 Å². The van der Waals surface area contributed by atoms with Crippen molar-refractivity contribution < 1.29 is 14.3 Å². The molecular formula is C18H20N4O3. The van der Waals surface area contributed by atoms with Crippen molar-refractivity contribution in [1.29, 1.82) is 0 Å². The van der Waals surface area contributed by atoms with Crippen LogP contribution in [-0.4, -0.2) is 55.5 Å². The molecule has 2 aromatic rings. The minimum absolute atomic E-state index is 0.217. The Bertz CT molecular complexity index is 740. The summed E-state index contributed by atoms with van der Waals surface area (Å²) in [7, 11) is 1.60. The van der Waals surface area contributed by atoms with Gasteiger partial charge in [-0.3, -0.25) is 14.6 Å². The van der Waals surface area contributed by atoms with E-state index in [4.69, 9.17) is 4.74 Å². The summed E-state index contributed by atoms with van der Waals surface area (Å²) in [5.41, 5.74) is 2.06. The summed E-state index contributed by atoms with van der Waals surface area (Å²) < 4.78 is 5.10. The number of rotatable bonds is 5. The SMILES string of the molecule is COc1ccc(NC(=O)c2cncc(N3CCN(C=O)CC3)c2)cc1. The van der Waals surface area contributed by atoms with Gasteiger partial charge < -0.3 is 19.9 Å². The highest BCUT2D eigenvalue weighted by Crippen LogP contribution is 2.19. The van der Waals surface area contributed by atoms with Gasteiger partial charge in [-0.2, -0.15) is 0 Å². The maximum absolute atomic E-state index is 12.4. The minimum atomic E-state index is -0.217. The zero-order valence-electron chi connectivity index (χ0n) is 14.0. The Kier molecular flexibility index (Phi) is 5.13. The van der Waals surface area contributed by atoms with Crippen LogP contribution in [-0.2, 0) is 4.79 Å². The second-order valence-corrected chi connectivity index (χ2v) is 5.74. The second kappa shape index (κ2) is 7.65. The molecule has 7 nitrogen and oxygen atoms in total. The number of hydrogen-bond donors (Lipinski definition) is 1. The molecule has 1 aliphatic rings. The average molecular weight is 340 g/mol. The molecule has 0 aliphatic carbocycles. The molecule has 1 N–H and O–H groups in total. The van der Waals surface area contributed by atoms with E-state index in [1.165, 1.54) is 0 Å². The van der Waals surface area contributed by atoms with Gasteiger partial charge in [0.1, 0.15) is 5.75 Å². The van der Waals surface area contributed by atoms with Crippen LogP contribution in [0.3, 0.4) is 0 Å². The number of piperazine rings is 1. The lowest BCUT2D eigenvalue weighted by atomic mass is 10.2. The van der Waals surface area contributed by atoms with E-state index < -0.39 is 0 Å². The number of anilines is 2. The predicted octanol–water partition coefficient (Wildman–Crippen LogP) is 1.62. The van der Waals surface area contributed by atoms with E-state index in [1.807, 2.05) is 6.07 Å². The standard InChI is InChI=1S/C18H20N4O3/c1-25-17-4-2-15(3-5-17)20-18(24)14-10-16(12-19-11-14)22-8-6-21(13-23)7-9-22/h2-5,10-13H,6-9H2,1H3,(H,20,24). The number of pyridine rings is 1. The van der Waals surface area contributed by atoms with Crippen LogP contribution in [0.2, 0.25) is 0 Å². The highest BCUT2D eigenvalue weighted by Gasteiger charge is 2.17. The zero-order chi connectivity index (χ0) is 17.6. The topological polar surface area (TPSA) is 74.8 Å². The van der Waals surface area contributed by atoms with Crippen molar-refractivity contribution in [3.8, 4) is 5.75 Å². The van der Waals surface area contributed by atoms with Gasteiger partial charge in [0.15, 0.2) is 0 Å². The quantitative estimate of drug-likeness (QED) is 0.837. The van der Waals surface area contributed by atoms with Crippen molar-refractivity contribution in [2.45, 2.75) is 0 Å². The van der Waals surface area contributed by atoms with E-state index in [1.54, 1.807) is 48.7 Å². The number of aromatic nitrogens is 1. The third-order valence-corrected chi connectivity index (χ3v) is 4.16. The Morgan fingerprint density at radius 2 is 1.88 bits per heavy atom.